The van der Waals surface area contributed by atoms with Gasteiger partial charge in [-0.25, -0.2) is 0 Å². The Labute approximate surface area is 132 Å². The first-order valence-corrected chi connectivity index (χ1v) is 8.53. The molecule has 3 aliphatic heterocycles. The van der Waals surface area contributed by atoms with E-state index in [4.69, 9.17) is 0 Å². The highest BCUT2D eigenvalue weighted by molar-refractivity contribution is 5.82. The van der Waals surface area contributed by atoms with Crippen molar-refractivity contribution in [3.8, 4) is 0 Å². The van der Waals surface area contributed by atoms with E-state index in [0.29, 0.717) is 0 Å². The molecule has 2 aromatic rings. The molecule has 4 heterocycles. The molecule has 2 bridgehead atoms. The lowest BCUT2D eigenvalue weighted by atomic mass is 9.72. The fourth-order valence-corrected chi connectivity index (χ4v) is 4.55. The number of para-hydroxylation sites is 1. The molecule has 5 rings (SSSR count). The Kier molecular flexibility index (Phi) is 3.63. The zero-order valence-electron chi connectivity index (χ0n) is 13.2. The van der Waals surface area contributed by atoms with Crippen molar-refractivity contribution >= 4 is 10.9 Å². The zero-order chi connectivity index (χ0) is 15.1. The van der Waals surface area contributed by atoms with Crippen LogP contribution in [0.5, 0.6) is 0 Å². The van der Waals surface area contributed by atoms with E-state index in [1.54, 1.807) is 0 Å². The minimum Gasteiger partial charge on any atom is -0.387 e. The molecule has 3 saturated heterocycles. The summed E-state index contributed by atoms with van der Waals surface area (Å²) in [6, 6.07) is 10.4. The van der Waals surface area contributed by atoms with Gasteiger partial charge in [0.15, 0.2) is 0 Å². The summed E-state index contributed by atoms with van der Waals surface area (Å²) in [5, 5.41) is 12.1. The van der Waals surface area contributed by atoms with Crippen molar-refractivity contribution in [2.45, 2.75) is 38.3 Å². The minimum atomic E-state index is -0.409. The molecule has 3 heteroatoms. The van der Waals surface area contributed by atoms with Gasteiger partial charge in [0.2, 0.25) is 0 Å². The zero-order valence-corrected chi connectivity index (χ0v) is 13.2. The number of aliphatic hydroxyl groups is 1. The maximum absolute atomic E-state index is 11.1. The first kappa shape index (κ1) is 14.2. The van der Waals surface area contributed by atoms with Crippen LogP contribution < -0.4 is 0 Å². The molecule has 3 fully saturated rings. The summed E-state index contributed by atoms with van der Waals surface area (Å²) in [6.07, 6.45) is 5.12. The maximum atomic E-state index is 11.1. The standard InChI is InChI=1S/C19H24N2O/c1-2-13-12-21-10-8-14(13)11-18(21)19(22)16-7-9-20-17-6-4-3-5-15(16)17/h3-7,9,13-14,18-19,22H,2,8,10-12H2,1H3/t13-,14+,18+,19-/m0/s1. The molecule has 5 atom stereocenters. The summed E-state index contributed by atoms with van der Waals surface area (Å²) in [6.45, 7) is 4.60. The van der Waals surface area contributed by atoms with E-state index in [9.17, 15) is 5.11 Å². The number of aliphatic hydroxyl groups excluding tert-OH is 1. The summed E-state index contributed by atoms with van der Waals surface area (Å²) >= 11 is 0. The Morgan fingerprint density at radius 2 is 2.18 bits per heavy atom. The third-order valence-corrected chi connectivity index (χ3v) is 5.83. The Balaban J connectivity index is 1.66. The Morgan fingerprint density at radius 1 is 1.32 bits per heavy atom. The van der Waals surface area contributed by atoms with Crippen molar-refractivity contribution in [3.05, 3.63) is 42.1 Å². The molecule has 1 N–H and O–H groups in total. The number of piperidine rings is 3. The van der Waals surface area contributed by atoms with Crippen molar-refractivity contribution in [1.82, 2.24) is 9.88 Å². The highest BCUT2D eigenvalue weighted by Gasteiger charge is 2.42. The molecule has 1 aromatic heterocycles. The van der Waals surface area contributed by atoms with E-state index < -0.39 is 6.10 Å². The summed E-state index contributed by atoms with van der Waals surface area (Å²) in [5.41, 5.74) is 2.01. The van der Waals surface area contributed by atoms with Crippen LogP contribution in [-0.4, -0.2) is 34.1 Å². The molecule has 3 aliphatic rings. The first-order chi connectivity index (χ1) is 10.8. The number of rotatable bonds is 3. The van der Waals surface area contributed by atoms with E-state index in [0.717, 1.165) is 47.8 Å². The van der Waals surface area contributed by atoms with Crippen LogP contribution in [0, 0.1) is 11.8 Å². The van der Waals surface area contributed by atoms with E-state index in [1.165, 1.54) is 12.8 Å². The van der Waals surface area contributed by atoms with Crippen LogP contribution in [0.1, 0.15) is 37.9 Å². The van der Waals surface area contributed by atoms with Gasteiger partial charge in [-0.15, -0.1) is 0 Å². The number of nitrogens with zero attached hydrogens (tertiary/aromatic N) is 2. The second-order valence-corrected chi connectivity index (χ2v) is 6.88. The maximum Gasteiger partial charge on any atom is 0.0952 e. The van der Waals surface area contributed by atoms with Gasteiger partial charge in [0.1, 0.15) is 0 Å². The average Bonchev–Trinajstić information content (AvgIpc) is 2.60. The summed E-state index contributed by atoms with van der Waals surface area (Å²) in [5.74, 6) is 1.62. The van der Waals surface area contributed by atoms with Crippen molar-refractivity contribution in [3.63, 3.8) is 0 Å². The molecule has 22 heavy (non-hydrogen) atoms. The Bertz CT molecular complexity index is 666. The van der Waals surface area contributed by atoms with Gasteiger partial charge in [-0.05, 0) is 48.9 Å². The van der Waals surface area contributed by atoms with Gasteiger partial charge in [-0.1, -0.05) is 31.5 Å². The quantitative estimate of drug-likeness (QED) is 0.943. The van der Waals surface area contributed by atoms with E-state index in [-0.39, 0.29) is 6.04 Å². The van der Waals surface area contributed by atoms with Gasteiger partial charge in [0, 0.05) is 24.2 Å². The van der Waals surface area contributed by atoms with Crippen LogP contribution in [0.4, 0.5) is 0 Å². The normalized spacial score (nSPS) is 32.3. The number of fused-ring (bicyclic) bond motifs is 4. The van der Waals surface area contributed by atoms with Crippen molar-refractivity contribution < 1.29 is 5.11 Å². The second kappa shape index (κ2) is 5.64. The Morgan fingerprint density at radius 3 is 2.95 bits per heavy atom. The number of pyridine rings is 1. The SMILES string of the molecule is CC[C@H]1CN2CC[C@@H]1C[C@@H]2[C@@H](O)c1ccnc2ccccc12. The van der Waals surface area contributed by atoms with Crippen LogP contribution in [-0.2, 0) is 0 Å². The highest BCUT2D eigenvalue weighted by Crippen LogP contribution is 2.42. The predicted octanol–water partition coefficient (Wildman–Crippen LogP) is 3.39. The minimum absolute atomic E-state index is 0.271. The predicted molar refractivity (Wildman–Crippen MR) is 88.6 cm³/mol. The van der Waals surface area contributed by atoms with Gasteiger partial charge in [0.25, 0.3) is 0 Å². The molecule has 3 nitrogen and oxygen atoms in total. The van der Waals surface area contributed by atoms with Gasteiger partial charge >= 0.3 is 0 Å². The summed E-state index contributed by atoms with van der Waals surface area (Å²) < 4.78 is 0. The topological polar surface area (TPSA) is 36.4 Å². The third-order valence-electron chi connectivity index (χ3n) is 5.83. The highest BCUT2D eigenvalue weighted by atomic mass is 16.3. The first-order valence-electron chi connectivity index (χ1n) is 8.53. The van der Waals surface area contributed by atoms with Gasteiger partial charge in [-0.2, -0.15) is 0 Å². The van der Waals surface area contributed by atoms with Crippen LogP contribution in [0.2, 0.25) is 0 Å². The van der Waals surface area contributed by atoms with Crippen molar-refractivity contribution in [2.24, 2.45) is 11.8 Å². The molecule has 0 saturated carbocycles. The van der Waals surface area contributed by atoms with Crippen LogP contribution >= 0.6 is 0 Å². The number of hydrogen-bond acceptors (Lipinski definition) is 3. The van der Waals surface area contributed by atoms with Gasteiger partial charge in [0.05, 0.1) is 11.6 Å². The monoisotopic (exact) mass is 296 g/mol. The lowest BCUT2D eigenvalue weighted by molar-refractivity contribution is -0.0562. The molecule has 1 aromatic carbocycles. The molecule has 0 aliphatic carbocycles. The van der Waals surface area contributed by atoms with Crippen LogP contribution in [0.25, 0.3) is 10.9 Å². The number of aromatic nitrogens is 1. The van der Waals surface area contributed by atoms with Crippen LogP contribution in [0.3, 0.4) is 0 Å². The van der Waals surface area contributed by atoms with Gasteiger partial charge in [-0.3, -0.25) is 9.88 Å². The van der Waals surface area contributed by atoms with Gasteiger partial charge < -0.3 is 5.11 Å². The van der Waals surface area contributed by atoms with Crippen molar-refractivity contribution in [2.75, 3.05) is 13.1 Å². The average molecular weight is 296 g/mol. The molecule has 0 amide bonds. The lowest BCUT2D eigenvalue weighted by Gasteiger charge is -2.51. The number of benzene rings is 1. The fraction of sp³-hybridized carbons (Fsp3) is 0.526. The molecule has 1 unspecified atom stereocenters. The Hall–Kier alpha value is -1.45. The molecule has 116 valence electrons. The van der Waals surface area contributed by atoms with E-state index >= 15 is 0 Å². The molecular formula is C19H24N2O. The lowest BCUT2D eigenvalue weighted by Crippen LogP contribution is -2.55. The summed E-state index contributed by atoms with van der Waals surface area (Å²) in [4.78, 5) is 6.94. The largest absolute Gasteiger partial charge is 0.387 e. The molecule has 0 spiro atoms. The van der Waals surface area contributed by atoms with E-state index in [2.05, 4.69) is 22.9 Å². The third kappa shape index (κ3) is 2.24. The molecule has 0 radical (unpaired) electrons. The second-order valence-electron chi connectivity index (χ2n) is 6.88. The fourth-order valence-electron chi connectivity index (χ4n) is 4.55. The van der Waals surface area contributed by atoms with Crippen LogP contribution in [0.15, 0.2) is 36.5 Å². The molecular weight excluding hydrogens is 272 g/mol. The summed E-state index contributed by atoms with van der Waals surface area (Å²) in [7, 11) is 0. The van der Waals surface area contributed by atoms with E-state index in [1.807, 2.05) is 30.5 Å². The van der Waals surface area contributed by atoms with Crippen molar-refractivity contribution in [1.29, 1.82) is 0 Å². The smallest absolute Gasteiger partial charge is 0.0952 e. The number of hydrogen-bond donors (Lipinski definition) is 1.